The summed E-state index contributed by atoms with van der Waals surface area (Å²) in [6, 6.07) is 8.89. The molecule has 2 aromatic carbocycles. The molecular weight excluding hydrogens is 416 g/mol. The molecule has 1 atom stereocenters. The summed E-state index contributed by atoms with van der Waals surface area (Å²) in [5.41, 5.74) is 0.708. The molecule has 1 fully saturated rings. The monoisotopic (exact) mass is 441 g/mol. The van der Waals surface area contributed by atoms with E-state index in [-0.39, 0.29) is 38.6 Å². The van der Waals surface area contributed by atoms with Crippen LogP contribution in [-0.2, 0) is 21.2 Å². The van der Waals surface area contributed by atoms with E-state index in [0.29, 0.717) is 17.4 Å². The molecule has 0 radical (unpaired) electrons. The number of nitrogens with zero attached hydrogens (tertiary/aromatic N) is 1. The van der Waals surface area contributed by atoms with Gasteiger partial charge in [0.15, 0.2) is 16.4 Å². The molecule has 2 aromatic rings. The highest BCUT2D eigenvalue weighted by Gasteiger charge is 2.37. The van der Waals surface area contributed by atoms with Gasteiger partial charge >= 0.3 is 0 Å². The lowest BCUT2D eigenvalue weighted by molar-refractivity contribution is -0.132. The van der Waals surface area contributed by atoms with Crippen LogP contribution in [0.4, 0.5) is 8.78 Å². The second-order valence-electron chi connectivity index (χ2n) is 6.46. The third-order valence-corrected chi connectivity index (χ3v) is 6.81. The van der Waals surface area contributed by atoms with Crippen molar-refractivity contribution in [3.63, 3.8) is 0 Å². The van der Waals surface area contributed by atoms with Gasteiger partial charge in [0.1, 0.15) is 22.3 Å². The lowest BCUT2D eigenvalue weighted by atomic mass is 10.2. The zero-order chi connectivity index (χ0) is 22.3. The van der Waals surface area contributed by atoms with Crippen molar-refractivity contribution in [2.45, 2.75) is 37.0 Å². The summed E-state index contributed by atoms with van der Waals surface area (Å²) in [6.07, 6.45) is 0.163. The predicted octanol–water partition coefficient (Wildman–Crippen LogP) is 2.94. The number of halogens is 2. The number of aliphatic hydroxyl groups is 1. The van der Waals surface area contributed by atoms with Crippen molar-refractivity contribution in [1.29, 1.82) is 0 Å². The topological polar surface area (TPSA) is 83.9 Å². The van der Waals surface area contributed by atoms with Gasteiger partial charge in [-0.3, -0.25) is 4.79 Å². The number of hydrogen-bond acceptors (Lipinski definition) is 5. The van der Waals surface area contributed by atoms with Crippen molar-refractivity contribution < 1.29 is 31.8 Å². The highest BCUT2D eigenvalue weighted by molar-refractivity contribution is 7.92. The van der Waals surface area contributed by atoms with E-state index in [1.54, 1.807) is 24.3 Å². The van der Waals surface area contributed by atoms with Crippen molar-refractivity contribution in [3.8, 4) is 5.75 Å². The highest BCUT2D eigenvalue weighted by Crippen LogP contribution is 2.26. The quantitative estimate of drug-likeness (QED) is 0.697. The van der Waals surface area contributed by atoms with E-state index >= 15 is 0 Å². The molecule has 1 N–H and O–H groups in total. The van der Waals surface area contributed by atoms with Gasteiger partial charge in [-0.05, 0) is 36.2 Å². The first-order valence-electron chi connectivity index (χ1n) is 9.60. The van der Waals surface area contributed by atoms with Gasteiger partial charge < -0.3 is 14.7 Å². The predicted molar refractivity (Wildman–Crippen MR) is 108 cm³/mol. The highest BCUT2D eigenvalue weighted by atomic mass is 32.2. The fourth-order valence-corrected chi connectivity index (χ4v) is 4.76. The van der Waals surface area contributed by atoms with Gasteiger partial charge in [-0.2, -0.15) is 0 Å². The van der Waals surface area contributed by atoms with Gasteiger partial charge in [0.05, 0.1) is 11.9 Å². The Hall–Kier alpha value is -2.52. The zero-order valence-corrected chi connectivity index (χ0v) is 17.7. The van der Waals surface area contributed by atoms with Gasteiger partial charge in [0.25, 0.3) is 5.91 Å². The fourth-order valence-electron chi connectivity index (χ4n) is 3.02. The molecule has 1 heterocycles. The van der Waals surface area contributed by atoms with Crippen LogP contribution in [0.15, 0.2) is 47.4 Å². The van der Waals surface area contributed by atoms with Crippen LogP contribution in [0.25, 0.3) is 0 Å². The molecule has 30 heavy (non-hydrogen) atoms. The summed E-state index contributed by atoms with van der Waals surface area (Å²) < 4.78 is 57.6. The van der Waals surface area contributed by atoms with Gasteiger partial charge in [-0.1, -0.05) is 26.0 Å². The minimum atomic E-state index is -4.03. The minimum absolute atomic E-state index is 0.0786. The van der Waals surface area contributed by atoms with Crippen molar-refractivity contribution in [1.82, 2.24) is 4.90 Å². The summed E-state index contributed by atoms with van der Waals surface area (Å²) in [7, 11) is -4.03. The average molecular weight is 441 g/mol. The fraction of sp³-hybridized carbons (Fsp3) is 0.381. The largest absolute Gasteiger partial charge is 0.484 e. The zero-order valence-electron chi connectivity index (χ0n) is 16.8. The third kappa shape index (κ3) is 5.54. The van der Waals surface area contributed by atoms with E-state index in [0.717, 1.165) is 12.1 Å². The summed E-state index contributed by atoms with van der Waals surface area (Å²) >= 11 is 0. The SMILES string of the molecule is CC.O=C(COc1ccc(CO)cc1)N1CCC(S(=O)(=O)c2ccc(F)cc2F)C1. The molecule has 1 aliphatic rings. The molecule has 0 aliphatic carbocycles. The number of carbonyl (C=O) groups excluding carboxylic acids is 1. The summed E-state index contributed by atoms with van der Waals surface area (Å²) in [6.45, 7) is 3.76. The molecule has 1 saturated heterocycles. The van der Waals surface area contributed by atoms with Crippen LogP contribution in [0.2, 0.25) is 0 Å². The summed E-state index contributed by atoms with van der Waals surface area (Å²) in [4.78, 5) is 13.1. The van der Waals surface area contributed by atoms with Crippen LogP contribution in [-0.4, -0.2) is 49.3 Å². The Bertz CT molecular complexity index is 964. The van der Waals surface area contributed by atoms with Crippen LogP contribution in [0.1, 0.15) is 25.8 Å². The number of amides is 1. The van der Waals surface area contributed by atoms with E-state index in [9.17, 15) is 22.0 Å². The maximum atomic E-state index is 13.9. The number of ether oxygens (including phenoxy) is 1. The molecule has 1 amide bonds. The first-order valence-corrected chi connectivity index (χ1v) is 11.1. The van der Waals surface area contributed by atoms with E-state index in [4.69, 9.17) is 9.84 Å². The van der Waals surface area contributed by atoms with Crippen LogP contribution >= 0.6 is 0 Å². The number of sulfone groups is 1. The van der Waals surface area contributed by atoms with Gasteiger partial charge in [0.2, 0.25) is 0 Å². The average Bonchev–Trinajstić information content (AvgIpc) is 3.25. The Balaban J connectivity index is 0.00000155. The van der Waals surface area contributed by atoms with E-state index in [2.05, 4.69) is 0 Å². The Morgan fingerprint density at radius 1 is 1.17 bits per heavy atom. The lowest BCUT2D eigenvalue weighted by Crippen LogP contribution is -2.35. The maximum Gasteiger partial charge on any atom is 0.260 e. The van der Waals surface area contributed by atoms with Crippen molar-refractivity contribution in [2.75, 3.05) is 19.7 Å². The van der Waals surface area contributed by atoms with Crippen LogP contribution < -0.4 is 4.74 Å². The van der Waals surface area contributed by atoms with Gasteiger partial charge in [-0.25, -0.2) is 17.2 Å². The van der Waals surface area contributed by atoms with E-state index in [1.165, 1.54) is 4.90 Å². The number of carbonyl (C=O) groups is 1. The first-order chi connectivity index (χ1) is 14.3. The Kier molecular flexibility index (Phi) is 8.31. The van der Waals surface area contributed by atoms with Crippen molar-refractivity contribution >= 4 is 15.7 Å². The van der Waals surface area contributed by atoms with Crippen LogP contribution in [0.5, 0.6) is 5.75 Å². The second-order valence-corrected chi connectivity index (χ2v) is 8.66. The van der Waals surface area contributed by atoms with E-state index in [1.807, 2.05) is 13.8 Å². The maximum absolute atomic E-state index is 13.9. The Morgan fingerprint density at radius 3 is 2.43 bits per heavy atom. The number of likely N-dealkylation sites (tertiary alicyclic amines) is 1. The first kappa shape index (κ1) is 23.8. The molecule has 164 valence electrons. The molecule has 3 rings (SSSR count). The summed E-state index contributed by atoms with van der Waals surface area (Å²) in [5, 5.41) is 8.04. The normalized spacial score (nSPS) is 16.0. The molecule has 0 spiro atoms. The Morgan fingerprint density at radius 2 is 1.83 bits per heavy atom. The number of hydrogen-bond donors (Lipinski definition) is 1. The molecule has 0 saturated carbocycles. The van der Waals surface area contributed by atoms with Crippen molar-refractivity contribution in [2.24, 2.45) is 0 Å². The van der Waals surface area contributed by atoms with Crippen molar-refractivity contribution in [3.05, 3.63) is 59.7 Å². The molecule has 1 aliphatic heterocycles. The summed E-state index contributed by atoms with van der Waals surface area (Å²) in [5.74, 6) is -1.94. The smallest absolute Gasteiger partial charge is 0.260 e. The van der Waals surface area contributed by atoms with Crippen LogP contribution in [0, 0.1) is 11.6 Å². The van der Waals surface area contributed by atoms with Gasteiger partial charge in [-0.15, -0.1) is 0 Å². The molecule has 6 nitrogen and oxygen atoms in total. The minimum Gasteiger partial charge on any atom is -0.484 e. The second kappa shape index (κ2) is 10.5. The molecule has 0 aromatic heterocycles. The third-order valence-electron chi connectivity index (χ3n) is 4.61. The Labute approximate surface area is 175 Å². The molecule has 1 unspecified atom stereocenters. The standard InChI is InChI=1S/C19H19F2NO5S.C2H6/c20-14-3-6-18(17(21)9-14)28(25,26)16-7-8-22(10-16)19(24)12-27-15-4-1-13(11-23)2-5-15;1-2/h1-6,9,16,23H,7-8,10-12H2;1-2H3. The lowest BCUT2D eigenvalue weighted by Gasteiger charge is -2.17. The number of aliphatic hydroxyl groups excluding tert-OH is 1. The number of benzene rings is 2. The van der Waals surface area contributed by atoms with Gasteiger partial charge in [0, 0.05) is 19.2 Å². The molecular formula is C21H25F2NO5S. The van der Waals surface area contributed by atoms with Crippen LogP contribution in [0.3, 0.4) is 0 Å². The molecule has 0 bridgehead atoms. The van der Waals surface area contributed by atoms with E-state index < -0.39 is 31.6 Å². The number of rotatable bonds is 6. The molecule has 9 heteroatoms.